The Balaban J connectivity index is 1.96. The number of nitrogens with zero attached hydrogens (tertiary/aromatic N) is 1. The molecule has 0 saturated carbocycles. The van der Waals surface area contributed by atoms with Crippen LogP contribution in [0.1, 0.15) is 0 Å². The smallest absolute Gasteiger partial charge is 0.0390 e. The predicted molar refractivity (Wildman–Crippen MR) is 71.5 cm³/mol. The van der Waals surface area contributed by atoms with Crippen molar-refractivity contribution in [3.8, 4) is 0 Å². The summed E-state index contributed by atoms with van der Waals surface area (Å²) >= 11 is 0. The van der Waals surface area contributed by atoms with Crippen LogP contribution in [-0.4, -0.2) is 4.98 Å². The molecule has 0 saturated heterocycles. The normalized spacial score (nSPS) is 10.4. The second-order valence-electron chi connectivity index (χ2n) is 3.93. The standard InChI is InChI=1S/C15H12N2/c1-2-4-14(5-3-1)17-15-7-6-13-11-16-9-8-12(13)10-15/h1-11,17H. The lowest BCUT2D eigenvalue weighted by Crippen LogP contribution is -1.89. The van der Waals surface area contributed by atoms with E-state index in [9.17, 15) is 0 Å². The molecule has 0 aliphatic heterocycles. The van der Waals surface area contributed by atoms with Gasteiger partial charge in [0.2, 0.25) is 0 Å². The highest BCUT2D eigenvalue weighted by Crippen LogP contribution is 2.21. The van der Waals surface area contributed by atoms with Gasteiger partial charge in [-0.2, -0.15) is 0 Å². The van der Waals surface area contributed by atoms with Crippen molar-refractivity contribution in [1.29, 1.82) is 0 Å². The molecule has 3 aromatic rings. The summed E-state index contributed by atoms with van der Waals surface area (Å²) in [5.41, 5.74) is 2.19. The van der Waals surface area contributed by atoms with E-state index < -0.39 is 0 Å². The number of hydrogen-bond acceptors (Lipinski definition) is 2. The number of anilines is 2. The maximum Gasteiger partial charge on any atom is 0.0390 e. The average molecular weight is 220 g/mol. The van der Waals surface area contributed by atoms with Crippen LogP contribution in [0.2, 0.25) is 0 Å². The van der Waals surface area contributed by atoms with Crippen LogP contribution in [0, 0.1) is 0 Å². The topological polar surface area (TPSA) is 24.9 Å². The van der Waals surface area contributed by atoms with Crippen LogP contribution in [0.15, 0.2) is 67.0 Å². The summed E-state index contributed by atoms with van der Waals surface area (Å²) in [4.78, 5) is 4.11. The first-order chi connectivity index (χ1) is 8.42. The van der Waals surface area contributed by atoms with Crippen molar-refractivity contribution in [1.82, 2.24) is 4.98 Å². The maximum atomic E-state index is 4.11. The van der Waals surface area contributed by atoms with E-state index in [0.717, 1.165) is 16.8 Å². The third-order valence-electron chi connectivity index (χ3n) is 2.70. The van der Waals surface area contributed by atoms with Gasteiger partial charge in [0.25, 0.3) is 0 Å². The van der Waals surface area contributed by atoms with Crippen LogP contribution in [0.5, 0.6) is 0 Å². The van der Waals surface area contributed by atoms with Gasteiger partial charge in [-0.05, 0) is 35.7 Å². The summed E-state index contributed by atoms with van der Waals surface area (Å²) in [6, 6.07) is 18.4. The molecule has 0 spiro atoms. The molecule has 3 rings (SSSR count). The van der Waals surface area contributed by atoms with Gasteiger partial charge >= 0.3 is 0 Å². The number of fused-ring (bicyclic) bond motifs is 1. The molecule has 1 heterocycles. The second-order valence-corrected chi connectivity index (χ2v) is 3.93. The Morgan fingerprint density at radius 3 is 2.53 bits per heavy atom. The number of para-hydroxylation sites is 1. The molecule has 1 N–H and O–H groups in total. The molecule has 0 fully saturated rings. The van der Waals surface area contributed by atoms with E-state index in [1.807, 2.05) is 36.7 Å². The first-order valence-electron chi connectivity index (χ1n) is 5.58. The summed E-state index contributed by atoms with van der Waals surface area (Å²) in [5.74, 6) is 0. The van der Waals surface area contributed by atoms with Crippen LogP contribution in [-0.2, 0) is 0 Å². The molecular formula is C15H12N2. The third-order valence-corrected chi connectivity index (χ3v) is 2.70. The molecule has 0 bridgehead atoms. The third kappa shape index (κ3) is 2.11. The summed E-state index contributed by atoms with van der Waals surface area (Å²) in [6.07, 6.45) is 3.69. The van der Waals surface area contributed by atoms with Crippen molar-refractivity contribution in [3.63, 3.8) is 0 Å². The number of aromatic nitrogens is 1. The van der Waals surface area contributed by atoms with Gasteiger partial charge in [-0.1, -0.05) is 24.3 Å². The van der Waals surface area contributed by atoms with Crippen molar-refractivity contribution in [2.45, 2.75) is 0 Å². The van der Waals surface area contributed by atoms with Gasteiger partial charge in [0.15, 0.2) is 0 Å². The van der Waals surface area contributed by atoms with Gasteiger partial charge in [-0.25, -0.2) is 0 Å². The van der Waals surface area contributed by atoms with E-state index in [-0.39, 0.29) is 0 Å². The number of rotatable bonds is 2. The van der Waals surface area contributed by atoms with Gasteiger partial charge < -0.3 is 5.32 Å². The largest absolute Gasteiger partial charge is 0.356 e. The predicted octanol–water partition coefficient (Wildman–Crippen LogP) is 3.98. The van der Waals surface area contributed by atoms with Gasteiger partial charge in [0.05, 0.1) is 0 Å². The number of pyridine rings is 1. The fourth-order valence-electron chi connectivity index (χ4n) is 1.85. The van der Waals surface area contributed by atoms with Crippen LogP contribution in [0.4, 0.5) is 11.4 Å². The minimum Gasteiger partial charge on any atom is -0.356 e. The van der Waals surface area contributed by atoms with Gasteiger partial charge in [-0.15, -0.1) is 0 Å². The Bertz CT molecular complexity index is 633. The first-order valence-corrected chi connectivity index (χ1v) is 5.58. The minimum absolute atomic E-state index is 1.09. The fraction of sp³-hybridized carbons (Fsp3) is 0. The lowest BCUT2D eigenvalue weighted by atomic mass is 10.1. The Morgan fingerprint density at radius 1 is 0.765 bits per heavy atom. The van der Waals surface area contributed by atoms with E-state index in [4.69, 9.17) is 0 Å². The van der Waals surface area contributed by atoms with Gasteiger partial charge in [0.1, 0.15) is 0 Å². The highest BCUT2D eigenvalue weighted by molar-refractivity contribution is 5.85. The highest BCUT2D eigenvalue weighted by Gasteiger charge is 1.96. The molecule has 0 amide bonds. The molecule has 0 radical (unpaired) electrons. The summed E-state index contributed by atoms with van der Waals surface area (Å²) in [5, 5.41) is 5.73. The molecular weight excluding hydrogens is 208 g/mol. The molecule has 0 atom stereocenters. The minimum atomic E-state index is 1.09. The fourth-order valence-corrected chi connectivity index (χ4v) is 1.85. The Labute approximate surface area is 99.9 Å². The van der Waals surface area contributed by atoms with E-state index in [0.29, 0.717) is 0 Å². The van der Waals surface area contributed by atoms with E-state index >= 15 is 0 Å². The van der Waals surface area contributed by atoms with E-state index in [2.05, 4.69) is 40.6 Å². The van der Waals surface area contributed by atoms with Crippen molar-refractivity contribution in [3.05, 3.63) is 67.0 Å². The molecule has 17 heavy (non-hydrogen) atoms. The van der Waals surface area contributed by atoms with Crippen LogP contribution < -0.4 is 5.32 Å². The molecule has 2 aromatic carbocycles. The summed E-state index contributed by atoms with van der Waals surface area (Å²) in [6.45, 7) is 0. The Kier molecular flexibility index (Phi) is 2.47. The van der Waals surface area contributed by atoms with E-state index in [1.54, 1.807) is 0 Å². The molecule has 1 aromatic heterocycles. The molecule has 0 unspecified atom stereocenters. The molecule has 82 valence electrons. The zero-order chi connectivity index (χ0) is 11.5. The highest BCUT2D eigenvalue weighted by atomic mass is 14.9. The van der Waals surface area contributed by atoms with Crippen molar-refractivity contribution in [2.24, 2.45) is 0 Å². The zero-order valence-electron chi connectivity index (χ0n) is 9.30. The zero-order valence-corrected chi connectivity index (χ0v) is 9.30. The molecule has 0 aliphatic rings. The quantitative estimate of drug-likeness (QED) is 0.706. The van der Waals surface area contributed by atoms with Crippen molar-refractivity contribution in [2.75, 3.05) is 5.32 Å². The number of hydrogen-bond donors (Lipinski definition) is 1. The summed E-state index contributed by atoms with van der Waals surface area (Å²) < 4.78 is 0. The number of nitrogens with one attached hydrogen (secondary N) is 1. The van der Waals surface area contributed by atoms with Crippen molar-refractivity contribution >= 4 is 22.1 Å². The van der Waals surface area contributed by atoms with Crippen LogP contribution in [0.3, 0.4) is 0 Å². The van der Waals surface area contributed by atoms with Crippen LogP contribution >= 0.6 is 0 Å². The van der Waals surface area contributed by atoms with E-state index in [1.165, 1.54) is 5.39 Å². The van der Waals surface area contributed by atoms with Gasteiger partial charge in [0, 0.05) is 29.2 Å². The average Bonchev–Trinajstić information content (AvgIpc) is 2.40. The monoisotopic (exact) mass is 220 g/mol. The Morgan fingerprint density at radius 2 is 1.65 bits per heavy atom. The SMILES string of the molecule is c1ccc(Nc2ccc3cnccc3c2)cc1. The number of benzene rings is 2. The van der Waals surface area contributed by atoms with Crippen molar-refractivity contribution < 1.29 is 0 Å². The Hall–Kier alpha value is -2.35. The molecule has 2 nitrogen and oxygen atoms in total. The van der Waals surface area contributed by atoms with Gasteiger partial charge in [-0.3, -0.25) is 4.98 Å². The lowest BCUT2D eigenvalue weighted by Gasteiger charge is -2.07. The summed E-state index contributed by atoms with van der Waals surface area (Å²) in [7, 11) is 0. The first kappa shape index (κ1) is 9.85. The molecule has 2 heteroatoms. The lowest BCUT2D eigenvalue weighted by molar-refractivity contribution is 1.36. The van der Waals surface area contributed by atoms with Crippen LogP contribution in [0.25, 0.3) is 10.8 Å². The maximum absolute atomic E-state index is 4.11. The second kappa shape index (κ2) is 4.26. The molecule has 0 aliphatic carbocycles.